The standard InChI is InChI=1S/C15H12F5N/c1-21-14(10-6-12(16)8-13(17)7-10)9-2-4-11(5-3-9)15(18,19)20/h2-8,14,21H,1H3. The van der Waals surface area contributed by atoms with Crippen LogP contribution in [0.2, 0.25) is 0 Å². The van der Waals surface area contributed by atoms with Crippen molar-refractivity contribution in [2.45, 2.75) is 12.2 Å². The lowest BCUT2D eigenvalue weighted by molar-refractivity contribution is -0.137. The second-order valence-electron chi connectivity index (χ2n) is 4.54. The summed E-state index contributed by atoms with van der Waals surface area (Å²) in [6, 6.07) is 6.87. The largest absolute Gasteiger partial charge is 0.416 e. The number of rotatable bonds is 3. The molecule has 2 rings (SSSR count). The summed E-state index contributed by atoms with van der Waals surface area (Å²) in [5, 5.41) is 2.83. The molecule has 0 fully saturated rings. The number of hydrogen-bond donors (Lipinski definition) is 1. The van der Waals surface area contributed by atoms with E-state index in [1.807, 2.05) is 0 Å². The highest BCUT2D eigenvalue weighted by molar-refractivity contribution is 5.34. The van der Waals surface area contributed by atoms with Crippen LogP contribution in [0.1, 0.15) is 22.7 Å². The van der Waals surface area contributed by atoms with Gasteiger partial charge in [-0.1, -0.05) is 12.1 Å². The summed E-state index contributed by atoms with van der Waals surface area (Å²) in [6.07, 6.45) is -4.42. The van der Waals surface area contributed by atoms with Gasteiger partial charge in [0.2, 0.25) is 0 Å². The van der Waals surface area contributed by atoms with Crippen LogP contribution in [0.3, 0.4) is 0 Å². The normalized spacial score (nSPS) is 13.2. The number of hydrogen-bond acceptors (Lipinski definition) is 1. The van der Waals surface area contributed by atoms with Gasteiger partial charge >= 0.3 is 6.18 Å². The van der Waals surface area contributed by atoms with E-state index < -0.39 is 29.4 Å². The molecule has 1 unspecified atom stereocenters. The zero-order chi connectivity index (χ0) is 15.6. The second-order valence-corrected chi connectivity index (χ2v) is 4.54. The van der Waals surface area contributed by atoms with Crippen LogP contribution in [0.15, 0.2) is 42.5 Å². The van der Waals surface area contributed by atoms with E-state index in [9.17, 15) is 22.0 Å². The fraction of sp³-hybridized carbons (Fsp3) is 0.200. The van der Waals surface area contributed by atoms with Gasteiger partial charge in [0.15, 0.2) is 0 Å². The molecule has 0 amide bonds. The summed E-state index contributed by atoms with van der Waals surface area (Å²) in [7, 11) is 1.56. The van der Waals surface area contributed by atoms with E-state index in [2.05, 4.69) is 5.32 Å². The Morgan fingerprint density at radius 3 is 1.81 bits per heavy atom. The lowest BCUT2D eigenvalue weighted by atomic mass is 9.97. The average molecular weight is 301 g/mol. The minimum absolute atomic E-state index is 0.301. The maximum absolute atomic E-state index is 13.2. The number of nitrogens with one attached hydrogen (secondary N) is 1. The Labute approximate surface area is 118 Å². The van der Waals surface area contributed by atoms with Crippen molar-refractivity contribution in [2.24, 2.45) is 0 Å². The molecule has 0 aromatic heterocycles. The fourth-order valence-electron chi connectivity index (χ4n) is 2.13. The first kappa shape index (κ1) is 15.4. The lowest BCUT2D eigenvalue weighted by Gasteiger charge is -2.18. The molecule has 0 aliphatic heterocycles. The summed E-state index contributed by atoms with van der Waals surface area (Å²) in [4.78, 5) is 0. The van der Waals surface area contributed by atoms with Crippen LogP contribution in [-0.4, -0.2) is 7.05 Å². The molecule has 112 valence electrons. The summed E-state index contributed by atoms with van der Waals surface area (Å²) in [5.74, 6) is -1.48. The van der Waals surface area contributed by atoms with Crippen molar-refractivity contribution >= 4 is 0 Å². The van der Waals surface area contributed by atoms with Gasteiger partial charge in [0.1, 0.15) is 11.6 Å². The third kappa shape index (κ3) is 3.58. The third-order valence-corrected chi connectivity index (χ3v) is 3.08. The molecule has 0 aliphatic rings. The van der Waals surface area contributed by atoms with Gasteiger partial charge in [-0.15, -0.1) is 0 Å². The van der Waals surface area contributed by atoms with Crippen LogP contribution in [0.4, 0.5) is 22.0 Å². The zero-order valence-electron chi connectivity index (χ0n) is 11.0. The topological polar surface area (TPSA) is 12.0 Å². The third-order valence-electron chi connectivity index (χ3n) is 3.08. The van der Waals surface area contributed by atoms with E-state index in [0.29, 0.717) is 11.1 Å². The van der Waals surface area contributed by atoms with Gasteiger partial charge in [-0.2, -0.15) is 13.2 Å². The molecule has 2 aromatic carbocycles. The molecule has 0 heterocycles. The molecule has 0 saturated heterocycles. The van der Waals surface area contributed by atoms with Crippen molar-refractivity contribution in [3.63, 3.8) is 0 Å². The monoisotopic (exact) mass is 301 g/mol. The van der Waals surface area contributed by atoms with E-state index in [0.717, 1.165) is 30.3 Å². The van der Waals surface area contributed by atoms with Gasteiger partial charge in [-0.3, -0.25) is 0 Å². The Balaban J connectivity index is 2.37. The number of benzene rings is 2. The Morgan fingerprint density at radius 1 is 0.857 bits per heavy atom. The van der Waals surface area contributed by atoms with Crippen LogP contribution in [0, 0.1) is 11.6 Å². The maximum atomic E-state index is 13.2. The van der Waals surface area contributed by atoms with E-state index in [-0.39, 0.29) is 0 Å². The van der Waals surface area contributed by atoms with E-state index >= 15 is 0 Å². The first-order valence-electron chi connectivity index (χ1n) is 6.11. The van der Waals surface area contributed by atoms with E-state index in [1.54, 1.807) is 7.05 Å². The summed E-state index contributed by atoms with van der Waals surface area (Å²) < 4.78 is 64.0. The van der Waals surface area contributed by atoms with Gasteiger partial charge in [0.25, 0.3) is 0 Å². The van der Waals surface area contributed by atoms with Crippen molar-refractivity contribution in [1.82, 2.24) is 5.32 Å². The van der Waals surface area contributed by atoms with Crippen LogP contribution in [0.5, 0.6) is 0 Å². The lowest BCUT2D eigenvalue weighted by Crippen LogP contribution is -2.18. The van der Waals surface area contributed by atoms with Crippen molar-refractivity contribution in [3.8, 4) is 0 Å². The van der Waals surface area contributed by atoms with Crippen LogP contribution in [0.25, 0.3) is 0 Å². The van der Waals surface area contributed by atoms with Crippen molar-refractivity contribution in [3.05, 3.63) is 70.8 Å². The van der Waals surface area contributed by atoms with Crippen LogP contribution >= 0.6 is 0 Å². The predicted molar refractivity (Wildman–Crippen MR) is 68.7 cm³/mol. The molecule has 0 radical (unpaired) electrons. The predicted octanol–water partition coefficient (Wildman–Crippen LogP) is 4.29. The molecule has 1 N–H and O–H groups in total. The highest BCUT2D eigenvalue weighted by Gasteiger charge is 2.30. The average Bonchev–Trinajstić information content (AvgIpc) is 2.38. The fourth-order valence-corrected chi connectivity index (χ4v) is 2.13. The summed E-state index contributed by atoms with van der Waals surface area (Å²) in [5.41, 5.74) is 0.0109. The minimum Gasteiger partial charge on any atom is -0.309 e. The van der Waals surface area contributed by atoms with Gasteiger partial charge in [0, 0.05) is 6.07 Å². The molecule has 1 nitrogen and oxygen atoms in total. The molecule has 6 heteroatoms. The van der Waals surface area contributed by atoms with Gasteiger partial charge in [-0.25, -0.2) is 8.78 Å². The first-order valence-corrected chi connectivity index (χ1v) is 6.11. The highest BCUT2D eigenvalue weighted by Crippen LogP contribution is 2.31. The highest BCUT2D eigenvalue weighted by atomic mass is 19.4. The summed E-state index contributed by atoms with van der Waals surface area (Å²) >= 11 is 0. The maximum Gasteiger partial charge on any atom is 0.416 e. The quantitative estimate of drug-likeness (QED) is 0.834. The van der Waals surface area contributed by atoms with E-state index in [1.165, 1.54) is 12.1 Å². The second kappa shape index (κ2) is 5.81. The molecule has 2 aromatic rings. The summed E-state index contributed by atoms with van der Waals surface area (Å²) in [6.45, 7) is 0. The number of alkyl halides is 3. The molecule has 0 spiro atoms. The molecule has 21 heavy (non-hydrogen) atoms. The molecule has 0 aliphatic carbocycles. The van der Waals surface area contributed by atoms with Gasteiger partial charge in [-0.05, 0) is 42.4 Å². The minimum atomic E-state index is -4.42. The Hall–Kier alpha value is -1.95. The van der Waals surface area contributed by atoms with Gasteiger partial charge in [0.05, 0.1) is 11.6 Å². The Bertz CT molecular complexity index is 599. The zero-order valence-corrected chi connectivity index (χ0v) is 11.0. The molecular weight excluding hydrogens is 289 g/mol. The molecular formula is C15H12F5N. The molecule has 0 saturated carbocycles. The van der Waals surface area contributed by atoms with E-state index in [4.69, 9.17) is 0 Å². The first-order chi connectivity index (χ1) is 9.81. The molecule has 1 atom stereocenters. The smallest absolute Gasteiger partial charge is 0.309 e. The van der Waals surface area contributed by atoms with Crippen molar-refractivity contribution in [1.29, 1.82) is 0 Å². The SMILES string of the molecule is CNC(c1ccc(C(F)(F)F)cc1)c1cc(F)cc(F)c1. The Morgan fingerprint density at radius 2 is 1.38 bits per heavy atom. The van der Waals surface area contributed by atoms with Crippen LogP contribution in [-0.2, 0) is 6.18 Å². The Kier molecular flexibility index (Phi) is 4.27. The molecule has 0 bridgehead atoms. The number of halogens is 5. The van der Waals surface area contributed by atoms with Crippen LogP contribution < -0.4 is 5.32 Å². The van der Waals surface area contributed by atoms with Crippen molar-refractivity contribution < 1.29 is 22.0 Å². The van der Waals surface area contributed by atoms with Gasteiger partial charge < -0.3 is 5.32 Å². The van der Waals surface area contributed by atoms with Crippen molar-refractivity contribution in [2.75, 3.05) is 7.05 Å².